The van der Waals surface area contributed by atoms with Crippen LogP contribution in [-0.4, -0.2) is 34.6 Å². The average molecular weight is 247 g/mol. The highest BCUT2D eigenvalue weighted by Crippen LogP contribution is 2.26. The van der Waals surface area contributed by atoms with Crippen molar-refractivity contribution in [2.45, 2.75) is 45.2 Å². The van der Waals surface area contributed by atoms with Crippen LogP contribution in [0.1, 0.15) is 31.4 Å². The summed E-state index contributed by atoms with van der Waals surface area (Å²) in [4.78, 5) is 13.2. The summed E-state index contributed by atoms with van der Waals surface area (Å²) in [5.41, 5.74) is 2.75. The van der Waals surface area contributed by atoms with Crippen molar-refractivity contribution in [2.75, 3.05) is 6.54 Å². The van der Waals surface area contributed by atoms with Crippen LogP contribution in [0.5, 0.6) is 0 Å². The molecule has 1 aliphatic rings. The van der Waals surface area contributed by atoms with Crippen LogP contribution in [0.15, 0.2) is 24.3 Å². The standard InChI is InChI=1S/C15H21NO2/c1-3-11(2)16(10-15(17)18)14-8-12-6-4-5-7-13(12)9-14/h4-7,11,14H,3,8-10H2,1-2H3,(H,17,18). The second kappa shape index (κ2) is 5.53. The van der Waals surface area contributed by atoms with Crippen molar-refractivity contribution in [1.82, 2.24) is 4.90 Å². The van der Waals surface area contributed by atoms with E-state index in [2.05, 4.69) is 43.0 Å². The number of carbonyl (C=O) groups is 1. The molecule has 1 aliphatic carbocycles. The molecule has 0 saturated heterocycles. The van der Waals surface area contributed by atoms with E-state index in [0.29, 0.717) is 12.1 Å². The number of hydrogen-bond acceptors (Lipinski definition) is 2. The summed E-state index contributed by atoms with van der Waals surface area (Å²) < 4.78 is 0. The van der Waals surface area contributed by atoms with Crippen molar-refractivity contribution in [3.8, 4) is 0 Å². The lowest BCUT2D eigenvalue weighted by Crippen LogP contribution is -2.45. The number of carboxylic acids is 1. The second-order valence-corrected chi connectivity index (χ2v) is 5.15. The Morgan fingerprint density at radius 1 is 1.39 bits per heavy atom. The van der Waals surface area contributed by atoms with Crippen LogP contribution >= 0.6 is 0 Å². The van der Waals surface area contributed by atoms with E-state index in [1.54, 1.807) is 0 Å². The summed E-state index contributed by atoms with van der Waals surface area (Å²) in [7, 11) is 0. The maximum absolute atomic E-state index is 11.0. The van der Waals surface area contributed by atoms with Gasteiger partial charge >= 0.3 is 5.97 Å². The molecule has 0 fully saturated rings. The van der Waals surface area contributed by atoms with Crippen LogP contribution in [-0.2, 0) is 17.6 Å². The Balaban J connectivity index is 2.12. The summed E-state index contributed by atoms with van der Waals surface area (Å²) in [6.45, 7) is 4.38. The fourth-order valence-corrected chi connectivity index (χ4v) is 2.81. The molecule has 1 unspecified atom stereocenters. The van der Waals surface area contributed by atoms with Crippen molar-refractivity contribution in [1.29, 1.82) is 0 Å². The molecule has 1 aromatic carbocycles. The van der Waals surface area contributed by atoms with Gasteiger partial charge in [-0.05, 0) is 37.3 Å². The molecule has 1 N–H and O–H groups in total. The van der Waals surface area contributed by atoms with Gasteiger partial charge in [0.1, 0.15) is 0 Å². The first-order chi connectivity index (χ1) is 8.61. The number of carboxylic acid groups (broad SMARTS) is 1. The highest BCUT2D eigenvalue weighted by atomic mass is 16.4. The number of aliphatic carboxylic acids is 1. The van der Waals surface area contributed by atoms with Crippen LogP contribution in [0.2, 0.25) is 0 Å². The highest BCUT2D eigenvalue weighted by molar-refractivity contribution is 5.69. The molecule has 0 aliphatic heterocycles. The van der Waals surface area contributed by atoms with Gasteiger partial charge in [-0.25, -0.2) is 0 Å². The number of rotatable bonds is 5. The molecule has 0 amide bonds. The van der Waals surface area contributed by atoms with Gasteiger partial charge in [-0.15, -0.1) is 0 Å². The molecule has 0 radical (unpaired) electrons. The normalized spacial score (nSPS) is 16.8. The largest absolute Gasteiger partial charge is 0.480 e. The molecular formula is C15H21NO2. The van der Waals surface area contributed by atoms with Crippen molar-refractivity contribution in [2.24, 2.45) is 0 Å². The van der Waals surface area contributed by atoms with Gasteiger partial charge in [0, 0.05) is 12.1 Å². The van der Waals surface area contributed by atoms with Gasteiger partial charge in [-0.2, -0.15) is 0 Å². The lowest BCUT2D eigenvalue weighted by molar-refractivity contribution is -0.139. The van der Waals surface area contributed by atoms with E-state index in [1.807, 2.05) is 0 Å². The Hall–Kier alpha value is -1.35. The second-order valence-electron chi connectivity index (χ2n) is 5.15. The zero-order chi connectivity index (χ0) is 13.1. The quantitative estimate of drug-likeness (QED) is 0.868. The molecule has 3 heteroatoms. The maximum atomic E-state index is 11.0. The zero-order valence-corrected chi connectivity index (χ0v) is 11.1. The van der Waals surface area contributed by atoms with Crippen molar-refractivity contribution < 1.29 is 9.90 Å². The molecule has 98 valence electrons. The Labute approximate surface area is 108 Å². The zero-order valence-electron chi connectivity index (χ0n) is 11.1. The maximum Gasteiger partial charge on any atom is 0.317 e. The van der Waals surface area contributed by atoms with Gasteiger partial charge in [0.15, 0.2) is 0 Å². The van der Waals surface area contributed by atoms with Crippen LogP contribution in [0.25, 0.3) is 0 Å². The summed E-state index contributed by atoms with van der Waals surface area (Å²) in [6, 6.07) is 9.10. The first-order valence-electron chi connectivity index (χ1n) is 6.66. The molecule has 0 saturated carbocycles. The first kappa shape index (κ1) is 13.1. The Kier molecular flexibility index (Phi) is 4.02. The van der Waals surface area contributed by atoms with Crippen LogP contribution < -0.4 is 0 Å². The van der Waals surface area contributed by atoms with Crippen LogP contribution in [0.4, 0.5) is 0 Å². The first-order valence-corrected chi connectivity index (χ1v) is 6.66. The number of benzene rings is 1. The predicted octanol–water partition coefficient (Wildman–Crippen LogP) is 2.34. The van der Waals surface area contributed by atoms with E-state index >= 15 is 0 Å². The average Bonchev–Trinajstić information content (AvgIpc) is 2.78. The Morgan fingerprint density at radius 3 is 2.39 bits per heavy atom. The molecule has 0 spiro atoms. The van der Waals surface area contributed by atoms with E-state index in [-0.39, 0.29) is 6.54 Å². The van der Waals surface area contributed by atoms with Crippen molar-refractivity contribution in [3.05, 3.63) is 35.4 Å². The van der Waals surface area contributed by atoms with E-state index in [4.69, 9.17) is 5.11 Å². The lowest BCUT2D eigenvalue weighted by Gasteiger charge is -2.32. The molecule has 2 rings (SSSR count). The molecule has 3 nitrogen and oxygen atoms in total. The molecule has 1 aromatic rings. The van der Waals surface area contributed by atoms with Gasteiger partial charge in [0.2, 0.25) is 0 Å². The fraction of sp³-hybridized carbons (Fsp3) is 0.533. The summed E-state index contributed by atoms with van der Waals surface area (Å²) in [6.07, 6.45) is 2.95. The molecule has 0 bridgehead atoms. The SMILES string of the molecule is CCC(C)N(CC(=O)O)C1Cc2ccccc2C1. The smallest absolute Gasteiger partial charge is 0.317 e. The van der Waals surface area contributed by atoms with Gasteiger partial charge < -0.3 is 5.11 Å². The Bertz CT molecular complexity index is 405. The minimum atomic E-state index is -0.730. The number of fused-ring (bicyclic) bond motifs is 1. The van der Waals surface area contributed by atoms with Gasteiger partial charge in [-0.3, -0.25) is 9.69 Å². The van der Waals surface area contributed by atoms with E-state index in [1.165, 1.54) is 11.1 Å². The Morgan fingerprint density at radius 2 is 1.94 bits per heavy atom. The monoisotopic (exact) mass is 247 g/mol. The lowest BCUT2D eigenvalue weighted by atomic mass is 10.1. The molecule has 1 atom stereocenters. The third-order valence-electron chi connectivity index (χ3n) is 3.97. The van der Waals surface area contributed by atoms with Gasteiger partial charge in [-0.1, -0.05) is 31.2 Å². The number of nitrogens with zero attached hydrogens (tertiary/aromatic N) is 1. The number of hydrogen-bond donors (Lipinski definition) is 1. The summed E-state index contributed by atoms with van der Waals surface area (Å²) in [5.74, 6) is -0.730. The molecule has 0 aromatic heterocycles. The van der Waals surface area contributed by atoms with Gasteiger partial charge in [0.05, 0.1) is 6.54 Å². The van der Waals surface area contributed by atoms with Crippen LogP contribution in [0, 0.1) is 0 Å². The summed E-state index contributed by atoms with van der Waals surface area (Å²) in [5, 5.41) is 9.06. The summed E-state index contributed by atoms with van der Waals surface area (Å²) >= 11 is 0. The third kappa shape index (κ3) is 2.72. The topological polar surface area (TPSA) is 40.5 Å². The van der Waals surface area contributed by atoms with Crippen molar-refractivity contribution >= 4 is 5.97 Å². The van der Waals surface area contributed by atoms with E-state index in [9.17, 15) is 4.79 Å². The third-order valence-corrected chi connectivity index (χ3v) is 3.97. The highest BCUT2D eigenvalue weighted by Gasteiger charge is 2.30. The molecule has 18 heavy (non-hydrogen) atoms. The van der Waals surface area contributed by atoms with Crippen molar-refractivity contribution in [3.63, 3.8) is 0 Å². The van der Waals surface area contributed by atoms with Gasteiger partial charge in [0.25, 0.3) is 0 Å². The predicted molar refractivity (Wildman–Crippen MR) is 71.7 cm³/mol. The minimum absolute atomic E-state index is 0.146. The molecular weight excluding hydrogens is 226 g/mol. The fourth-order valence-electron chi connectivity index (χ4n) is 2.81. The minimum Gasteiger partial charge on any atom is -0.480 e. The van der Waals surface area contributed by atoms with E-state index < -0.39 is 5.97 Å². The molecule has 0 heterocycles. The van der Waals surface area contributed by atoms with Crippen LogP contribution in [0.3, 0.4) is 0 Å². The van der Waals surface area contributed by atoms with E-state index in [0.717, 1.165) is 19.3 Å².